The summed E-state index contributed by atoms with van der Waals surface area (Å²) in [6.45, 7) is 11.5. The maximum Gasteiger partial charge on any atom is 0.261 e. The molecule has 2 aromatic carbocycles. The maximum atomic E-state index is 13.2. The van der Waals surface area contributed by atoms with Crippen LogP contribution in [0.2, 0.25) is 10.0 Å². The predicted octanol–water partition coefficient (Wildman–Crippen LogP) is 6.59. The van der Waals surface area contributed by atoms with Crippen molar-refractivity contribution in [3.05, 3.63) is 62.0 Å². The minimum atomic E-state index is -0.737. The zero-order valence-corrected chi connectivity index (χ0v) is 22.9. The lowest BCUT2D eigenvalue weighted by Gasteiger charge is -2.31. The first-order chi connectivity index (χ1) is 15.3. The van der Waals surface area contributed by atoms with Crippen LogP contribution in [0.5, 0.6) is 5.75 Å². The summed E-state index contributed by atoms with van der Waals surface area (Å²) in [5, 5.41) is 3.85. The number of nitrogens with one attached hydrogen (secondary N) is 1. The fraction of sp³-hybridized carbons (Fsp3) is 0.440. The van der Waals surface area contributed by atoms with Gasteiger partial charge in [0.1, 0.15) is 11.8 Å². The van der Waals surface area contributed by atoms with E-state index in [4.69, 9.17) is 27.9 Å². The van der Waals surface area contributed by atoms with Crippen molar-refractivity contribution < 1.29 is 14.3 Å². The fourth-order valence-corrected chi connectivity index (χ4v) is 4.08. The van der Waals surface area contributed by atoms with Gasteiger partial charge in [-0.15, -0.1) is 0 Å². The molecular formula is C25H31BrCl2N2O3. The van der Waals surface area contributed by atoms with Crippen LogP contribution in [0, 0.1) is 0 Å². The van der Waals surface area contributed by atoms with Crippen LogP contribution in [-0.4, -0.2) is 34.9 Å². The Hall–Kier alpha value is -1.76. The number of halogens is 3. The zero-order chi connectivity index (χ0) is 24.9. The number of carbonyl (C=O) groups excluding carboxylic acids is 2. The van der Waals surface area contributed by atoms with Gasteiger partial charge in [0.05, 0.1) is 4.47 Å². The zero-order valence-electron chi connectivity index (χ0n) is 19.8. The number of ether oxygens (including phenoxy) is 1. The Labute approximate surface area is 214 Å². The number of amides is 2. The highest BCUT2D eigenvalue weighted by molar-refractivity contribution is 9.10. The van der Waals surface area contributed by atoms with Crippen LogP contribution in [0.3, 0.4) is 0 Å². The summed E-state index contributed by atoms with van der Waals surface area (Å²) in [5.41, 5.74) is 1.41. The number of rotatable bonds is 8. The largest absolute Gasteiger partial charge is 0.483 e. The van der Waals surface area contributed by atoms with Crippen molar-refractivity contribution in [1.29, 1.82) is 0 Å². The summed E-state index contributed by atoms with van der Waals surface area (Å²) in [5.74, 6) is 0.337. The molecule has 0 unspecified atom stereocenters. The second-order valence-electron chi connectivity index (χ2n) is 9.31. The van der Waals surface area contributed by atoms with Gasteiger partial charge < -0.3 is 15.0 Å². The number of carbonyl (C=O) groups is 2. The highest BCUT2D eigenvalue weighted by Crippen LogP contribution is 2.29. The van der Waals surface area contributed by atoms with Crippen molar-refractivity contribution in [2.45, 2.75) is 65.6 Å². The van der Waals surface area contributed by atoms with E-state index in [1.807, 2.05) is 39.0 Å². The Balaban J connectivity index is 2.24. The van der Waals surface area contributed by atoms with Crippen molar-refractivity contribution in [2.24, 2.45) is 0 Å². The number of hydrogen-bond acceptors (Lipinski definition) is 3. The van der Waals surface area contributed by atoms with Crippen molar-refractivity contribution in [3.8, 4) is 5.75 Å². The summed E-state index contributed by atoms with van der Waals surface area (Å²) in [6, 6.07) is 10.1. The molecule has 5 nitrogen and oxygen atoms in total. The minimum absolute atomic E-state index is 0.143. The summed E-state index contributed by atoms with van der Waals surface area (Å²) < 4.78 is 6.58. The third kappa shape index (κ3) is 8.20. The van der Waals surface area contributed by atoms with Gasteiger partial charge in [0.25, 0.3) is 5.91 Å². The molecule has 0 heterocycles. The molecule has 0 saturated carbocycles. The number of nitrogens with zero attached hydrogens (tertiary/aromatic N) is 1. The Morgan fingerprint density at radius 1 is 1.09 bits per heavy atom. The van der Waals surface area contributed by atoms with E-state index in [1.54, 1.807) is 25.1 Å². The monoisotopic (exact) mass is 556 g/mol. The molecule has 0 spiro atoms. The van der Waals surface area contributed by atoms with Gasteiger partial charge >= 0.3 is 0 Å². The normalized spacial score (nSPS) is 12.4. The van der Waals surface area contributed by atoms with Crippen LogP contribution in [0.4, 0.5) is 0 Å². The second kappa shape index (κ2) is 11.6. The van der Waals surface area contributed by atoms with Crippen LogP contribution >= 0.6 is 39.1 Å². The summed E-state index contributed by atoms with van der Waals surface area (Å²) >= 11 is 15.9. The highest BCUT2D eigenvalue weighted by atomic mass is 79.9. The molecule has 0 aliphatic heterocycles. The van der Waals surface area contributed by atoms with E-state index in [2.05, 4.69) is 35.1 Å². The van der Waals surface area contributed by atoms with E-state index in [0.717, 1.165) is 10.0 Å². The van der Waals surface area contributed by atoms with Gasteiger partial charge in [-0.1, -0.05) is 49.2 Å². The molecule has 180 valence electrons. The van der Waals surface area contributed by atoms with Crippen LogP contribution in [0.15, 0.2) is 40.9 Å². The lowest BCUT2D eigenvalue weighted by Crippen LogP contribution is -2.53. The van der Waals surface area contributed by atoms with E-state index in [-0.39, 0.29) is 25.0 Å². The van der Waals surface area contributed by atoms with Gasteiger partial charge in [0, 0.05) is 22.1 Å². The quantitative estimate of drug-likeness (QED) is 0.398. The van der Waals surface area contributed by atoms with Crippen molar-refractivity contribution >= 4 is 50.9 Å². The third-order valence-corrected chi connectivity index (χ3v) is 6.20. The van der Waals surface area contributed by atoms with E-state index < -0.39 is 11.6 Å². The fourth-order valence-electron chi connectivity index (χ4n) is 3.11. The maximum absolute atomic E-state index is 13.2. The van der Waals surface area contributed by atoms with E-state index in [9.17, 15) is 9.59 Å². The van der Waals surface area contributed by atoms with Gasteiger partial charge in [0.15, 0.2) is 6.61 Å². The van der Waals surface area contributed by atoms with Gasteiger partial charge in [-0.2, -0.15) is 0 Å². The molecule has 0 saturated heterocycles. The Bertz CT molecular complexity index is 1010. The Morgan fingerprint density at radius 2 is 1.76 bits per heavy atom. The van der Waals surface area contributed by atoms with Gasteiger partial charge in [0.2, 0.25) is 5.91 Å². The Kier molecular flexibility index (Phi) is 9.65. The van der Waals surface area contributed by atoms with Gasteiger partial charge in [-0.25, -0.2) is 0 Å². The smallest absolute Gasteiger partial charge is 0.261 e. The average molecular weight is 558 g/mol. The van der Waals surface area contributed by atoms with E-state index in [1.165, 1.54) is 4.90 Å². The van der Waals surface area contributed by atoms with E-state index >= 15 is 0 Å². The molecule has 2 amide bonds. The molecular weight excluding hydrogens is 527 g/mol. The first-order valence-electron chi connectivity index (χ1n) is 10.8. The molecule has 0 aromatic heterocycles. The molecule has 2 rings (SSSR count). The first-order valence-corrected chi connectivity index (χ1v) is 12.3. The predicted molar refractivity (Wildman–Crippen MR) is 138 cm³/mol. The van der Waals surface area contributed by atoms with Gasteiger partial charge in [-0.05, 0) is 84.9 Å². The first kappa shape index (κ1) is 27.5. The van der Waals surface area contributed by atoms with Crippen LogP contribution in [0.1, 0.15) is 58.6 Å². The second-order valence-corrected chi connectivity index (χ2v) is 11.0. The van der Waals surface area contributed by atoms with Crippen LogP contribution < -0.4 is 10.1 Å². The minimum Gasteiger partial charge on any atom is -0.483 e. The highest BCUT2D eigenvalue weighted by Gasteiger charge is 2.29. The summed E-state index contributed by atoms with van der Waals surface area (Å²) in [7, 11) is 0. The molecule has 1 atom stereocenters. The number of hydrogen-bond donors (Lipinski definition) is 1. The van der Waals surface area contributed by atoms with E-state index in [0.29, 0.717) is 27.3 Å². The van der Waals surface area contributed by atoms with Gasteiger partial charge in [-0.3, -0.25) is 9.59 Å². The molecule has 0 aliphatic carbocycles. The lowest BCUT2D eigenvalue weighted by atomic mass is 10.0. The Morgan fingerprint density at radius 3 is 2.30 bits per heavy atom. The molecule has 0 fully saturated rings. The van der Waals surface area contributed by atoms with Crippen LogP contribution in [0.25, 0.3) is 0 Å². The van der Waals surface area contributed by atoms with Crippen molar-refractivity contribution in [2.75, 3.05) is 6.61 Å². The summed E-state index contributed by atoms with van der Waals surface area (Å²) in [4.78, 5) is 27.6. The number of benzene rings is 2. The molecule has 8 heteroatoms. The molecule has 0 radical (unpaired) electrons. The molecule has 0 bridgehead atoms. The SMILES string of the molecule is CC(C)c1ccc(OCC(=O)N(Cc2ccc(Cl)cc2Cl)[C@@H](C)C(=O)NC(C)(C)C)c(Br)c1. The molecule has 2 aromatic rings. The molecule has 1 N–H and O–H groups in total. The van der Waals surface area contributed by atoms with Crippen LogP contribution in [-0.2, 0) is 16.1 Å². The lowest BCUT2D eigenvalue weighted by molar-refractivity contribution is -0.142. The van der Waals surface area contributed by atoms with Crippen molar-refractivity contribution in [3.63, 3.8) is 0 Å². The molecule has 33 heavy (non-hydrogen) atoms. The standard InChI is InChI=1S/C25H31BrCl2N2O3/c1-15(2)17-8-10-22(20(26)11-17)33-14-23(31)30(16(3)24(32)29-25(4,5)6)13-18-7-9-19(27)12-21(18)28/h7-12,15-16H,13-14H2,1-6H3,(H,29,32)/t16-/m0/s1. The molecule has 0 aliphatic rings. The topological polar surface area (TPSA) is 58.6 Å². The third-order valence-electron chi connectivity index (χ3n) is 5.00. The van der Waals surface area contributed by atoms with Crippen molar-refractivity contribution in [1.82, 2.24) is 10.2 Å². The average Bonchev–Trinajstić information content (AvgIpc) is 2.70. The summed E-state index contributed by atoms with van der Waals surface area (Å²) in [6.07, 6.45) is 0.